The number of aliphatic hydroxyl groups is 1. The molecule has 196 valence electrons. The van der Waals surface area contributed by atoms with Crippen molar-refractivity contribution in [2.45, 2.75) is 19.8 Å². The summed E-state index contributed by atoms with van der Waals surface area (Å²) in [6.45, 7) is 4.64. The van der Waals surface area contributed by atoms with Crippen LogP contribution in [0.5, 0.6) is 5.75 Å². The monoisotopic (exact) mass is 517 g/mol. The number of nitrogens with one attached hydrogen (secondary N) is 1. The molecule has 0 aliphatic rings. The van der Waals surface area contributed by atoms with Crippen molar-refractivity contribution >= 4 is 5.82 Å². The molecule has 0 amide bonds. The molecule has 4 rings (SSSR count). The lowest BCUT2D eigenvalue weighted by molar-refractivity contribution is -0.274. The number of hydrogen-bond donors (Lipinski definition) is 2. The van der Waals surface area contributed by atoms with Gasteiger partial charge in [-0.05, 0) is 55.9 Å². The van der Waals surface area contributed by atoms with Crippen molar-refractivity contribution in [3.05, 3.63) is 59.9 Å². The second-order valence-corrected chi connectivity index (χ2v) is 8.33. The summed E-state index contributed by atoms with van der Waals surface area (Å²) in [7, 11) is 1.94. The van der Waals surface area contributed by atoms with E-state index in [0.717, 1.165) is 23.6 Å². The molecule has 3 heterocycles. The van der Waals surface area contributed by atoms with E-state index < -0.39 is 6.36 Å². The molecule has 0 saturated carbocycles. The average Bonchev–Trinajstić information content (AvgIpc) is 3.47. The molecule has 37 heavy (non-hydrogen) atoms. The Morgan fingerprint density at radius 3 is 2.59 bits per heavy atom. The number of likely N-dealkylation sites (N-methyl/N-ethyl adjacent to an activating group) is 1. The van der Waals surface area contributed by atoms with Crippen molar-refractivity contribution < 1.29 is 27.5 Å². The van der Waals surface area contributed by atoms with Crippen LogP contribution in [-0.2, 0) is 6.54 Å². The lowest BCUT2D eigenvalue weighted by Crippen LogP contribution is -2.27. The number of aryl methyl sites for hydroxylation is 1. The van der Waals surface area contributed by atoms with Crippen LogP contribution in [0.2, 0.25) is 0 Å². The molecule has 0 unspecified atom stereocenters. The maximum atomic E-state index is 12.4. The van der Waals surface area contributed by atoms with E-state index in [1.54, 1.807) is 10.9 Å². The summed E-state index contributed by atoms with van der Waals surface area (Å²) in [6, 6.07) is 10.9. The summed E-state index contributed by atoms with van der Waals surface area (Å²) >= 11 is 0. The number of anilines is 1. The summed E-state index contributed by atoms with van der Waals surface area (Å²) < 4.78 is 48.1. The first kappa shape index (κ1) is 26.1. The number of nitrogens with zero attached hydrogens (tertiary/aromatic N) is 6. The molecule has 10 nitrogen and oxygen atoms in total. The highest BCUT2D eigenvalue weighted by Crippen LogP contribution is 2.27. The van der Waals surface area contributed by atoms with Gasteiger partial charge in [0.1, 0.15) is 11.6 Å². The van der Waals surface area contributed by atoms with Gasteiger partial charge in [0.2, 0.25) is 5.82 Å². The molecule has 13 heteroatoms. The zero-order chi connectivity index (χ0) is 26.4. The van der Waals surface area contributed by atoms with Gasteiger partial charge < -0.3 is 24.6 Å². The Hall–Kier alpha value is -3.97. The standard InChI is InChI=1S/C24H26F3N7O3/c1-16-13-20(23-30-22(32-37-23)18-4-6-19(7-5-18)36-24(25,26)27)31-34(16)15-17-3-8-21(29-14-17)28-9-10-33(2)11-12-35/h3-8,13-14,35H,9-12,15H2,1-2H3,(H,28,29). The molecular weight excluding hydrogens is 491 g/mol. The molecule has 2 N–H and O–H groups in total. The normalized spacial score (nSPS) is 11.8. The van der Waals surface area contributed by atoms with E-state index in [0.29, 0.717) is 30.9 Å². The highest BCUT2D eigenvalue weighted by Gasteiger charge is 2.31. The molecule has 0 aliphatic carbocycles. The highest BCUT2D eigenvalue weighted by molar-refractivity contribution is 5.59. The van der Waals surface area contributed by atoms with Gasteiger partial charge in [-0.2, -0.15) is 10.1 Å². The van der Waals surface area contributed by atoms with Gasteiger partial charge in [-0.15, -0.1) is 13.2 Å². The Morgan fingerprint density at radius 1 is 1.14 bits per heavy atom. The Morgan fingerprint density at radius 2 is 1.92 bits per heavy atom. The molecule has 4 aromatic rings. The molecule has 1 aromatic carbocycles. The largest absolute Gasteiger partial charge is 0.573 e. The minimum absolute atomic E-state index is 0.129. The van der Waals surface area contributed by atoms with Crippen LogP contribution in [0.4, 0.5) is 19.0 Å². The van der Waals surface area contributed by atoms with E-state index in [-0.39, 0.29) is 24.1 Å². The molecular formula is C24H26F3N7O3. The SMILES string of the molecule is Cc1cc(-c2nc(-c3ccc(OC(F)(F)F)cc3)no2)nn1Cc1ccc(NCCN(C)CCO)nc1. The van der Waals surface area contributed by atoms with E-state index in [1.165, 1.54) is 24.3 Å². The van der Waals surface area contributed by atoms with Crippen LogP contribution in [0.3, 0.4) is 0 Å². The summed E-state index contributed by atoms with van der Waals surface area (Å²) in [5.74, 6) is 0.834. The maximum absolute atomic E-state index is 12.4. The van der Waals surface area contributed by atoms with Gasteiger partial charge in [0.05, 0.1) is 13.2 Å². The molecule has 3 aromatic heterocycles. The number of aliphatic hydroxyl groups excluding tert-OH is 1. The third kappa shape index (κ3) is 7.27. The lowest BCUT2D eigenvalue weighted by Gasteiger charge is -2.15. The fourth-order valence-corrected chi connectivity index (χ4v) is 3.48. The molecule has 0 spiro atoms. The van der Waals surface area contributed by atoms with E-state index in [4.69, 9.17) is 9.63 Å². The third-order valence-electron chi connectivity index (χ3n) is 5.41. The minimum Gasteiger partial charge on any atom is -0.406 e. The summed E-state index contributed by atoms with van der Waals surface area (Å²) in [5.41, 5.74) is 2.78. The van der Waals surface area contributed by atoms with E-state index in [1.807, 2.05) is 37.1 Å². The van der Waals surface area contributed by atoms with Crippen molar-refractivity contribution in [1.29, 1.82) is 0 Å². The number of hydrogen-bond acceptors (Lipinski definition) is 9. The van der Waals surface area contributed by atoms with Crippen molar-refractivity contribution in [2.24, 2.45) is 0 Å². The van der Waals surface area contributed by atoms with Crippen molar-refractivity contribution in [1.82, 2.24) is 29.8 Å². The highest BCUT2D eigenvalue weighted by atomic mass is 19.4. The van der Waals surface area contributed by atoms with Gasteiger partial charge in [-0.3, -0.25) is 4.68 Å². The summed E-state index contributed by atoms with van der Waals surface area (Å²) in [5, 5.41) is 20.7. The Kier molecular flexibility index (Phi) is 8.04. The molecule has 0 atom stereocenters. The number of pyridine rings is 1. The number of alkyl halides is 3. The Labute approximate surface area is 210 Å². The van der Waals surface area contributed by atoms with Gasteiger partial charge in [0, 0.05) is 37.1 Å². The summed E-state index contributed by atoms with van der Waals surface area (Å²) in [6.07, 6.45) is -2.98. The minimum atomic E-state index is -4.76. The first-order valence-electron chi connectivity index (χ1n) is 11.4. The molecule has 0 fully saturated rings. The lowest BCUT2D eigenvalue weighted by atomic mass is 10.2. The smallest absolute Gasteiger partial charge is 0.406 e. The second-order valence-electron chi connectivity index (χ2n) is 8.33. The van der Waals surface area contributed by atoms with Crippen LogP contribution in [0.15, 0.2) is 53.2 Å². The van der Waals surface area contributed by atoms with Crippen LogP contribution in [-0.4, -0.2) is 74.6 Å². The first-order chi connectivity index (χ1) is 17.7. The number of halogens is 3. The number of rotatable bonds is 11. The topological polar surface area (TPSA) is 114 Å². The number of benzene rings is 1. The Bertz CT molecular complexity index is 1290. The van der Waals surface area contributed by atoms with Crippen molar-refractivity contribution in [2.75, 3.05) is 38.6 Å². The second kappa shape index (κ2) is 11.4. The fraction of sp³-hybridized carbons (Fsp3) is 0.333. The predicted molar refractivity (Wildman–Crippen MR) is 129 cm³/mol. The van der Waals surface area contributed by atoms with Gasteiger partial charge >= 0.3 is 6.36 Å². The van der Waals surface area contributed by atoms with Crippen LogP contribution in [0.1, 0.15) is 11.3 Å². The molecule has 0 radical (unpaired) electrons. The molecule has 0 saturated heterocycles. The summed E-state index contributed by atoms with van der Waals surface area (Å²) in [4.78, 5) is 10.8. The van der Waals surface area contributed by atoms with Crippen LogP contribution >= 0.6 is 0 Å². The fourth-order valence-electron chi connectivity index (χ4n) is 3.48. The molecule has 0 bridgehead atoms. The van der Waals surface area contributed by atoms with Gasteiger partial charge in [0.15, 0.2) is 5.69 Å². The first-order valence-corrected chi connectivity index (χ1v) is 11.4. The zero-order valence-electron chi connectivity index (χ0n) is 20.2. The third-order valence-corrected chi connectivity index (χ3v) is 5.41. The number of aromatic nitrogens is 5. The van der Waals surface area contributed by atoms with Crippen LogP contribution in [0.25, 0.3) is 23.0 Å². The van der Waals surface area contributed by atoms with Gasteiger partial charge in [-0.1, -0.05) is 11.2 Å². The van der Waals surface area contributed by atoms with Crippen LogP contribution < -0.4 is 10.1 Å². The van der Waals surface area contributed by atoms with Gasteiger partial charge in [-0.25, -0.2) is 4.98 Å². The van der Waals surface area contributed by atoms with Crippen LogP contribution in [0, 0.1) is 6.92 Å². The number of ether oxygens (including phenoxy) is 1. The van der Waals surface area contributed by atoms with Crippen molar-refractivity contribution in [3.63, 3.8) is 0 Å². The maximum Gasteiger partial charge on any atom is 0.573 e. The average molecular weight is 518 g/mol. The van der Waals surface area contributed by atoms with Crippen molar-refractivity contribution in [3.8, 4) is 28.7 Å². The van der Waals surface area contributed by atoms with E-state index in [2.05, 4.69) is 30.3 Å². The van der Waals surface area contributed by atoms with E-state index in [9.17, 15) is 13.2 Å². The van der Waals surface area contributed by atoms with E-state index >= 15 is 0 Å². The predicted octanol–water partition coefficient (Wildman–Crippen LogP) is 3.59. The Balaban J connectivity index is 1.37. The zero-order valence-corrected chi connectivity index (χ0v) is 20.2. The quantitative estimate of drug-likeness (QED) is 0.308. The van der Waals surface area contributed by atoms with Gasteiger partial charge in [0.25, 0.3) is 5.89 Å². The molecule has 0 aliphatic heterocycles.